The van der Waals surface area contributed by atoms with Gasteiger partial charge in [-0.05, 0) is 6.42 Å². The van der Waals surface area contributed by atoms with E-state index in [4.69, 9.17) is 33.5 Å². The number of allylic oxidation sites excluding steroid dienone is 2. The maximum absolute atomic E-state index is 11.1. The molecular formula is C34H46N3O8+. The first-order valence-corrected chi connectivity index (χ1v) is 14.4. The van der Waals surface area contributed by atoms with Gasteiger partial charge in [0, 0.05) is 75.3 Å². The normalized spacial score (nSPS) is 12.5. The molecule has 11 heteroatoms. The van der Waals surface area contributed by atoms with E-state index in [-0.39, 0.29) is 6.42 Å². The topological polar surface area (TPSA) is 102 Å². The lowest BCUT2D eigenvalue weighted by atomic mass is 9.86. The Morgan fingerprint density at radius 2 is 1.13 bits per heavy atom. The Bertz CT molecular complexity index is 1460. The van der Waals surface area contributed by atoms with Gasteiger partial charge in [-0.2, -0.15) is 0 Å². The molecule has 0 spiro atoms. The summed E-state index contributed by atoms with van der Waals surface area (Å²) in [4.78, 5) is 15.1. The van der Waals surface area contributed by atoms with Crippen molar-refractivity contribution in [2.24, 2.45) is 0 Å². The summed E-state index contributed by atoms with van der Waals surface area (Å²) in [6.07, 6.45) is 4.43. The number of nitrogens with zero attached hydrogens (tertiary/aromatic N) is 3. The summed E-state index contributed by atoms with van der Waals surface area (Å²) in [6.45, 7) is 0.524. The van der Waals surface area contributed by atoms with Crippen molar-refractivity contribution in [3.8, 4) is 23.0 Å². The first-order chi connectivity index (χ1) is 21.4. The molecule has 0 aliphatic heterocycles. The second-order valence-electron chi connectivity index (χ2n) is 10.8. The number of benzene rings is 2. The second kappa shape index (κ2) is 15.3. The Labute approximate surface area is 266 Å². The molecule has 1 N–H and O–H groups in total. The summed E-state index contributed by atoms with van der Waals surface area (Å²) >= 11 is 0. The van der Waals surface area contributed by atoms with Gasteiger partial charge < -0.3 is 43.3 Å². The molecule has 0 atom stereocenters. The van der Waals surface area contributed by atoms with Crippen molar-refractivity contribution < 1.29 is 42.9 Å². The Balaban J connectivity index is 2.55. The van der Waals surface area contributed by atoms with E-state index in [2.05, 4.69) is 0 Å². The summed E-state index contributed by atoms with van der Waals surface area (Å²) in [6, 6.07) is 7.68. The third kappa shape index (κ3) is 7.47. The van der Waals surface area contributed by atoms with E-state index in [1.165, 1.54) is 0 Å². The average Bonchev–Trinajstić information content (AvgIpc) is 3.03. The predicted octanol–water partition coefficient (Wildman–Crippen LogP) is 4.68. The monoisotopic (exact) mass is 624 g/mol. The smallest absolute Gasteiger partial charge is 0.303 e. The van der Waals surface area contributed by atoms with Gasteiger partial charge in [0.1, 0.15) is 48.6 Å². The Morgan fingerprint density at radius 3 is 1.47 bits per heavy atom. The molecule has 0 fully saturated rings. The van der Waals surface area contributed by atoms with Crippen molar-refractivity contribution in [3.63, 3.8) is 0 Å². The average molecular weight is 625 g/mol. The number of carbonyl (C=O) groups is 1. The summed E-state index contributed by atoms with van der Waals surface area (Å²) < 4.78 is 38.2. The quantitative estimate of drug-likeness (QED) is 0.298. The number of anilines is 2. The van der Waals surface area contributed by atoms with Crippen molar-refractivity contribution in [1.82, 2.24) is 0 Å². The number of ether oxygens (including phenoxy) is 6. The molecule has 0 bridgehead atoms. The molecule has 0 aromatic heterocycles. The van der Waals surface area contributed by atoms with Crippen LogP contribution in [0.3, 0.4) is 0 Å². The molecule has 0 heterocycles. The lowest BCUT2D eigenvalue weighted by Crippen LogP contribution is -2.20. The molecule has 244 valence electrons. The van der Waals surface area contributed by atoms with Gasteiger partial charge in [0.15, 0.2) is 0 Å². The lowest BCUT2D eigenvalue weighted by Gasteiger charge is -2.28. The largest absolute Gasteiger partial charge is 0.496 e. The molecular weight excluding hydrogens is 578 g/mol. The van der Waals surface area contributed by atoms with E-state index in [1.54, 1.807) is 42.7 Å². The van der Waals surface area contributed by atoms with Crippen LogP contribution >= 0.6 is 0 Å². The summed E-state index contributed by atoms with van der Waals surface area (Å²) in [7, 11) is 19.3. The summed E-state index contributed by atoms with van der Waals surface area (Å²) in [5, 5.41) is 9.13. The molecule has 0 amide bonds. The molecule has 45 heavy (non-hydrogen) atoms. The third-order valence-corrected chi connectivity index (χ3v) is 7.58. The summed E-state index contributed by atoms with van der Waals surface area (Å²) in [5.74, 6) is 2.37. The van der Waals surface area contributed by atoms with E-state index in [1.807, 2.05) is 86.0 Å². The third-order valence-electron chi connectivity index (χ3n) is 7.58. The minimum atomic E-state index is -0.834. The van der Waals surface area contributed by atoms with E-state index in [0.29, 0.717) is 69.8 Å². The Morgan fingerprint density at radius 1 is 0.711 bits per heavy atom. The number of aliphatic carboxylic acids is 1. The highest BCUT2D eigenvalue weighted by molar-refractivity contribution is 6.06. The maximum atomic E-state index is 11.1. The minimum Gasteiger partial charge on any atom is -0.496 e. The van der Waals surface area contributed by atoms with Crippen LogP contribution in [0.25, 0.3) is 5.57 Å². The van der Waals surface area contributed by atoms with Crippen LogP contribution in [0, 0.1) is 0 Å². The molecule has 11 nitrogen and oxygen atoms in total. The molecule has 0 unspecified atom stereocenters. The minimum absolute atomic E-state index is 0.0691. The van der Waals surface area contributed by atoms with Gasteiger partial charge in [-0.15, -0.1) is 0 Å². The molecule has 2 aromatic rings. The highest BCUT2D eigenvalue weighted by Gasteiger charge is 2.34. The van der Waals surface area contributed by atoms with Crippen molar-refractivity contribution in [2.45, 2.75) is 12.8 Å². The van der Waals surface area contributed by atoms with Gasteiger partial charge >= 0.3 is 5.97 Å². The van der Waals surface area contributed by atoms with Gasteiger partial charge in [0.25, 0.3) is 0 Å². The fraction of sp³-hybridized carbons (Fsp3) is 0.412. The van der Waals surface area contributed by atoms with Crippen molar-refractivity contribution >= 4 is 28.6 Å². The number of methoxy groups -OCH3 is 6. The SMILES string of the molecule is COC1=CC(=[N+](C)C)C=C(OC)C1=C(c1c(OC)cc(N(C)C)cc1OC)c1c(OC)cc(N(C)CCCC(=O)O)cc1OC. The number of carboxylic acids is 1. The predicted molar refractivity (Wildman–Crippen MR) is 177 cm³/mol. The molecule has 1 aliphatic carbocycles. The van der Waals surface area contributed by atoms with Crippen LogP contribution in [0.2, 0.25) is 0 Å². The fourth-order valence-corrected chi connectivity index (χ4v) is 5.14. The first kappa shape index (κ1) is 34.7. The molecule has 0 saturated carbocycles. The number of hydrogen-bond acceptors (Lipinski definition) is 9. The molecule has 1 aliphatic rings. The van der Waals surface area contributed by atoms with Crippen LogP contribution in [0.1, 0.15) is 24.0 Å². The molecule has 2 aromatic carbocycles. The highest BCUT2D eigenvalue weighted by Crippen LogP contribution is 2.51. The fourth-order valence-electron chi connectivity index (χ4n) is 5.14. The van der Waals surface area contributed by atoms with Gasteiger partial charge in [-0.3, -0.25) is 4.79 Å². The van der Waals surface area contributed by atoms with Crippen LogP contribution in [0.4, 0.5) is 11.4 Å². The lowest BCUT2D eigenvalue weighted by molar-refractivity contribution is -0.462. The molecule has 0 saturated heterocycles. The van der Waals surface area contributed by atoms with Gasteiger partial charge in [-0.1, -0.05) is 0 Å². The number of carboxylic acid groups (broad SMARTS) is 1. The first-order valence-electron chi connectivity index (χ1n) is 14.4. The highest BCUT2D eigenvalue weighted by atomic mass is 16.5. The van der Waals surface area contributed by atoms with Crippen LogP contribution < -0.4 is 28.7 Å². The van der Waals surface area contributed by atoms with Crippen LogP contribution in [0.15, 0.2) is 53.5 Å². The zero-order chi connectivity index (χ0) is 33.4. The Hall–Kier alpha value is -4.80. The van der Waals surface area contributed by atoms with Crippen LogP contribution in [0.5, 0.6) is 23.0 Å². The van der Waals surface area contributed by atoms with Gasteiger partial charge in [0.2, 0.25) is 5.71 Å². The zero-order valence-corrected chi connectivity index (χ0v) is 28.2. The van der Waals surface area contributed by atoms with Gasteiger partial charge in [-0.25, -0.2) is 4.58 Å². The van der Waals surface area contributed by atoms with Crippen molar-refractivity contribution in [3.05, 3.63) is 64.6 Å². The second-order valence-corrected chi connectivity index (χ2v) is 10.8. The van der Waals surface area contributed by atoms with Crippen molar-refractivity contribution in [2.75, 3.05) is 94.2 Å². The van der Waals surface area contributed by atoms with E-state index in [9.17, 15) is 4.79 Å². The number of rotatable bonds is 14. The molecule has 0 radical (unpaired) electrons. The standard InChI is InChI=1S/C34H45N3O8/c1-35(2)21-15-24(40-6)31(25(16-21)41-7)34(32-26(42-8)17-22(36(3)4)18-27(32)43-9)33-28(44-10)19-23(20-29(33)45-11)37(5)14-12-13-30(38)39/h15-20H,12-14H2,1-11H3/p+1. The summed E-state index contributed by atoms with van der Waals surface area (Å²) in [5.41, 5.74) is 5.09. The van der Waals surface area contributed by atoms with E-state index in [0.717, 1.165) is 17.1 Å². The van der Waals surface area contributed by atoms with Crippen LogP contribution in [-0.4, -0.2) is 106 Å². The molecule has 3 rings (SSSR count). The Kier molecular flexibility index (Phi) is 11.8. The van der Waals surface area contributed by atoms with Crippen molar-refractivity contribution in [1.29, 1.82) is 0 Å². The number of hydrogen-bond donors (Lipinski definition) is 1. The van der Waals surface area contributed by atoms with E-state index < -0.39 is 5.97 Å². The zero-order valence-electron chi connectivity index (χ0n) is 28.2. The maximum Gasteiger partial charge on any atom is 0.303 e. The van der Waals surface area contributed by atoms with Gasteiger partial charge in [0.05, 0.1) is 71.5 Å². The van der Waals surface area contributed by atoms with E-state index >= 15 is 0 Å². The van der Waals surface area contributed by atoms with Crippen LogP contribution in [-0.2, 0) is 14.3 Å².